The quantitative estimate of drug-likeness (QED) is 0.227. The van der Waals surface area contributed by atoms with Crippen LogP contribution in [0.1, 0.15) is 97.1 Å². The number of Topliss-reactive ketones (excluding diaryl/α,β-unsaturated/α-hetero) is 2. The molecular weight excluding hydrogens is 448 g/mol. The monoisotopic (exact) mass is 484 g/mol. The zero-order valence-corrected chi connectivity index (χ0v) is 21.5. The highest BCUT2D eigenvalue weighted by Gasteiger charge is 2.32. The molecule has 0 amide bonds. The summed E-state index contributed by atoms with van der Waals surface area (Å²) < 4.78 is 12.3. The fourth-order valence-electron chi connectivity index (χ4n) is 4.69. The highest BCUT2D eigenvalue weighted by atomic mass is 16.5. The summed E-state index contributed by atoms with van der Waals surface area (Å²) in [5, 5.41) is 0. The molecule has 36 heavy (non-hydrogen) atoms. The molecule has 0 bridgehead atoms. The lowest BCUT2D eigenvalue weighted by Gasteiger charge is -2.24. The molecule has 0 unspecified atom stereocenters. The second-order valence-electron chi connectivity index (χ2n) is 9.41. The summed E-state index contributed by atoms with van der Waals surface area (Å²) in [7, 11) is 0. The molecule has 2 aliphatic rings. The number of allylic oxidation sites excluding steroid dienone is 4. The first-order valence-corrected chi connectivity index (χ1v) is 13.4. The third-order valence-electron chi connectivity index (χ3n) is 6.72. The van der Waals surface area contributed by atoms with Crippen molar-refractivity contribution in [2.24, 2.45) is 0 Å². The molecule has 0 radical (unpaired) electrons. The van der Waals surface area contributed by atoms with Gasteiger partial charge in [0.05, 0.1) is 13.2 Å². The third kappa shape index (κ3) is 5.70. The average Bonchev–Trinajstić information content (AvgIpc) is 2.91. The van der Waals surface area contributed by atoms with E-state index in [9.17, 15) is 9.59 Å². The molecule has 2 aromatic carbocycles. The van der Waals surface area contributed by atoms with E-state index in [1.165, 1.54) is 12.8 Å². The van der Waals surface area contributed by atoms with Crippen molar-refractivity contribution in [2.45, 2.75) is 65.2 Å². The highest BCUT2D eigenvalue weighted by Crippen LogP contribution is 2.36. The largest absolute Gasteiger partial charge is 0.493 e. The van der Waals surface area contributed by atoms with Crippen LogP contribution in [0.25, 0.3) is 11.5 Å². The molecule has 0 saturated heterocycles. The molecule has 0 aliphatic heterocycles. The van der Waals surface area contributed by atoms with Gasteiger partial charge in [-0.3, -0.25) is 9.59 Å². The van der Waals surface area contributed by atoms with Crippen LogP contribution >= 0.6 is 0 Å². The van der Waals surface area contributed by atoms with Crippen molar-refractivity contribution in [2.75, 3.05) is 13.2 Å². The van der Waals surface area contributed by atoms with Crippen LogP contribution in [-0.4, -0.2) is 24.8 Å². The van der Waals surface area contributed by atoms with E-state index in [0.717, 1.165) is 49.7 Å². The van der Waals surface area contributed by atoms with Crippen molar-refractivity contribution < 1.29 is 19.1 Å². The van der Waals surface area contributed by atoms with E-state index >= 15 is 0 Å². The summed E-state index contributed by atoms with van der Waals surface area (Å²) in [4.78, 5) is 27.2. The van der Waals surface area contributed by atoms with Gasteiger partial charge in [-0.05, 0) is 25.0 Å². The number of rotatable bonds is 12. The van der Waals surface area contributed by atoms with Gasteiger partial charge in [0.1, 0.15) is 11.5 Å². The molecule has 4 rings (SSSR count). The molecule has 0 spiro atoms. The van der Waals surface area contributed by atoms with Gasteiger partial charge in [-0.1, -0.05) is 101 Å². The molecule has 0 N–H and O–H groups in total. The Morgan fingerprint density at radius 1 is 0.528 bits per heavy atom. The number of fused-ring (bicyclic) bond motifs is 2. The first kappa shape index (κ1) is 25.7. The Labute approximate surface area is 214 Å². The van der Waals surface area contributed by atoms with Crippen LogP contribution in [0.4, 0.5) is 0 Å². The number of ether oxygens (including phenoxy) is 2. The van der Waals surface area contributed by atoms with E-state index in [1.807, 2.05) is 48.5 Å². The number of unbranched alkanes of at least 4 members (excludes halogenated alkanes) is 6. The first-order valence-electron chi connectivity index (χ1n) is 13.4. The summed E-state index contributed by atoms with van der Waals surface area (Å²) in [6.45, 7) is 5.52. The Morgan fingerprint density at radius 3 is 1.31 bits per heavy atom. The van der Waals surface area contributed by atoms with Crippen molar-refractivity contribution in [1.82, 2.24) is 0 Å². The van der Waals surface area contributed by atoms with E-state index in [-0.39, 0.29) is 11.6 Å². The van der Waals surface area contributed by atoms with Crippen LogP contribution in [0.3, 0.4) is 0 Å². The smallest absolute Gasteiger partial charge is 0.194 e. The van der Waals surface area contributed by atoms with Crippen molar-refractivity contribution in [3.8, 4) is 0 Å². The SMILES string of the molecule is CCCCCCOC1=C/C(=C2\C=C(OCCCCCC)c3ccccc3C2=O)C(=O)c2ccccc21. The standard InChI is InChI=1S/C32H36O4/c1-3-5-7-13-19-35-29-21-27(31(33)25-17-11-9-15-23(25)29)28-22-30(36-20-14-8-6-4-2)24-16-10-12-18-26(24)32(28)34/h9-12,15-18,21-22H,3-8,13-14,19-20H2,1-2H3/b28-27-. The molecular formula is C32H36O4. The number of carbonyl (C=O) groups excluding carboxylic acids is 2. The normalized spacial score (nSPS) is 16.7. The molecule has 0 saturated carbocycles. The van der Waals surface area contributed by atoms with Gasteiger partial charge in [-0.25, -0.2) is 0 Å². The summed E-state index contributed by atoms with van der Waals surface area (Å²) >= 11 is 0. The minimum absolute atomic E-state index is 0.162. The molecule has 4 nitrogen and oxygen atoms in total. The number of carbonyl (C=O) groups is 2. The van der Waals surface area contributed by atoms with Gasteiger partial charge in [0, 0.05) is 33.4 Å². The predicted octanol–water partition coefficient (Wildman–Crippen LogP) is 7.95. The minimum atomic E-state index is -0.162. The zero-order chi connectivity index (χ0) is 25.3. The Morgan fingerprint density at radius 2 is 0.917 bits per heavy atom. The second kappa shape index (κ2) is 12.5. The maximum Gasteiger partial charge on any atom is 0.194 e. The number of benzene rings is 2. The number of ketones is 2. The van der Waals surface area contributed by atoms with Crippen molar-refractivity contribution >= 4 is 23.1 Å². The fraction of sp³-hybridized carbons (Fsp3) is 0.375. The van der Waals surface area contributed by atoms with E-state index < -0.39 is 0 Å². The molecule has 2 aliphatic carbocycles. The van der Waals surface area contributed by atoms with Gasteiger partial charge in [-0.15, -0.1) is 0 Å². The van der Waals surface area contributed by atoms with Crippen LogP contribution in [0.2, 0.25) is 0 Å². The first-order chi connectivity index (χ1) is 17.7. The summed E-state index contributed by atoms with van der Waals surface area (Å²) in [6.07, 6.45) is 12.3. The molecule has 4 heteroatoms. The lowest BCUT2D eigenvalue weighted by Crippen LogP contribution is -2.20. The second-order valence-corrected chi connectivity index (χ2v) is 9.41. The van der Waals surface area contributed by atoms with Gasteiger partial charge in [-0.2, -0.15) is 0 Å². The number of hydrogen-bond donors (Lipinski definition) is 0. The van der Waals surface area contributed by atoms with E-state index in [4.69, 9.17) is 9.47 Å². The van der Waals surface area contributed by atoms with Crippen molar-refractivity contribution in [1.29, 1.82) is 0 Å². The van der Waals surface area contributed by atoms with Crippen LogP contribution in [0, 0.1) is 0 Å². The molecule has 0 aromatic heterocycles. The highest BCUT2D eigenvalue weighted by molar-refractivity contribution is 6.25. The van der Waals surface area contributed by atoms with E-state index in [1.54, 1.807) is 12.2 Å². The summed E-state index contributed by atoms with van der Waals surface area (Å²) in [5.41, 5.74) is 3.42. The zero-order valence-electron chi connectivity index (χ0n) is 21.5. The maximum absolute atomic E-state index is 13.6. The average molecular weight is 485 g/mol. The summed E-state index contributed by atoms with van der Waals surface area (Å²) in [5.74, 6) is 0.966. The van der Waals surface area contributed by atoms with Crippen LogP contribution in [0.15, 0.2) is 71.8 Å². The van der Waals surface area contributed by atoms with E-state index in [2.05, 4.69) is 13.8 Å². The van der Waals surface area contributed by atoms with Gasteiger partial charge in [0.25, 0.3) is 0 Å². The third-order valence-corrected chi connectivity index (χ3v) is 6.72. The van der Waals surface area contributed by atoms with Crippen LogP contribution in [-0.2, 0) is 9.47 Å². The Hall–Kier alpha value is -3.40. The van der Waals surface area contributed by atoms with Crippen molar-refractivity contribution in [3.05, 3.63) is 94.1 Å². The number of hydrogen-bond acceptors (Lipinski definition) is 4. The van der Waals surface area contributed by atoms with Gasteiger partial charge in [0.2, 0.25) is 0 Å². The lowest BCUT2D eigenvalue weighted by atomic mass is 9.83. The topological polar surface area (TPSA) is 52.6 Å². The molecule has 0 heterocycles. The summed E-state index contributed by atoms with van der Waals surface area (Å²) in [6, 6.07) is 14.9. The van der Waals surface area contributed by atoms with Gasteiger partial charge in [0.15, 0.2) is 11.6 Å². The molecule has 0 fully saturated rings. The van der Waals surface area contributed by atoms with E-state index in [0.29, 0.717) is 47.0 Å². The van der Waals surface area contributed by atoms with Gasteiger partial charge < -0.3 is 9.47 Å². The minimum Gasteiger partial charge on any atom is -0.493 e. The molecule has 2 aromatic rings. The van der Waals surface area contributed by atoms with Crippen molar-refractivity contribution in [3.63, 3.8) is 0 Å². The maximum atomic E-state index is 13.6. The Kier molecular flexibility index (Phi) is 8.94. The molecule has 188 valence electrons. The lowest BCUT2D eigenvalue weighted by molar-refractivity contribution is 0.100. The van der Waals surface area contributed by atoms with Gasteiger partial charge >= 0.3 is 0 Å². The van der Waals surface area contributed by atoms with Crippen LogP contribution in [0.5, 0.6) is 0 Å². The predicted molar refractivity (Wildman–Crippen MR) is 145 cm³/mol. The Balaban J connectivity index is 1.71. The molecule has 0 atom stereocenters. The fourth-order valence-corrected chi connectivity index (χ4v) is 4.69. The Bertz CT molecular complexity index is 1100. The van der Waals surface area contributed by atoms with Crippen LogP contribution < -0.4 is 0 Å².